The highest BCUT2D eigenvalue weighted by atomic mass is 19.1. The average molecular weight is 466 g/mol. The Morgan fingerprint density at radius 1 is 1.15 bits per heavy atom. The molecule has 1 amide bonds. The lowest BCUT2D eigenvalue weighted by Crippen LogP contribution is -2.50. The monoisotopic (exact) mass is 465 g/mol. The number of piperidine rings is 1. The Kier molecular flexibility index (Phi) is 7.50. The highest BCUT2D eigenvalue weighted by Crippen LogP contribution is 2.32. The molecule has 1 aliphatic heterocycles. The number of carbonyl (C=O) groups excluding carboxylic acids is 1. The van der Waals surface area contributed by atoms with Crippen molar-refractivity contribution in [2.24, 2.45) is 5.92 Å². The van der Waals surface area contributed by atoms with E-state index in [9.17, 15) is 13.6 Å². The number of halogens is 2. The molecule has 1 fully saturated rings. The zero-order valence-corrected chi connectivity index (χ0v) is 19.5. The van der Waals surface area contributed by atoms with Crippen LogP contribution in [0.3, 0.4) is 0 Å². The van der Waals surface area contributed by atoms with Crippen molar-refractivity contribution in [3.8, 4) is 17.1 Å². The van der Waals surface area contributed by atoms with Gasteiger partial charge >= 0.3 is 0 Å². The van der Waals surface area contributed by atoms with Crippen molar-refractivity contribution in [2.45, 2.75) is 45.6 Å². The number of carbonyl (C=O) groups is 1. The second-order valence-corrected chi connectivity index (χ2v) is 8.76. The van der Waals surface area contributed by atoms with Crippen LogP contribution in [0.25, 0.3) is 11.4 Å². The normalized spacial score (nSPS) is 18.1. The van der Waals surface area contributed by atoms with E-state index in [4.69, 9.17) is 4.74 Å². The zero-order chi connectivity index (χ0) is 24.1. The van der Waals surface area contributed by atoms with Crippen molar-refractivity contribution in [3.05, 3.63) is 77.6 Å². The van der Waals surface area contributed by atoms with Crippen LogP contribution in [0.5, 0.6) is 5.75 Å². The summed E-state index contributed by atoms with van der Waals surface area (Å²) in [5.41, 5.74) is 2.27. The summed E-state index contributed by atoms with van der Waals surface area (Å²) >= 11 is 0. The van der Waals surface area contributed by atoms with E-state index in [-0.39, 0.29) is 30.2 Å². The Labute approximate surface area is 198 Å². The van der Waals surface area contributed by atoms with Crippen molar-refractivity contribution in [2.75, 3.05) is 13.2 Å². The van der Waals surface area contributed by atoms with Gasteiger partial charge in [0.05, 0.1) is 12.2 Å². The number of amides is 1. The van der Waals surface area contributed by atoms with Crippen molar-refractivity contribution < 1.29 is 18.3 Å². The number of ether oxygens (including phenoxy) is 1. The van der Waals surface area contributed by atoms with E-state index < -0.39 is 11.6 Å². The molecule has 4 rings (SSSR count). The van der Waals surface area contributed by atoms with E-state index in [1.54, 1.807) is 18.5 Å². The summed E-state index contributed by atoms with van der Waals surface area (Å²) in [6.07, 6.45) is 6.75. The molecule has 7 heteroatoms. The number of benzene rings is 2. The first-order valence-corrected chi connectivity index (χ1v) is 11.7. The van der Waals surface area contributed by atoms with Crippen LogP contribution in [0.15, 0.2) is 54.9 Å². The molecule has 2 aromatic carbocycles. The average Bonchev–Trinajstić information content (AvgIpc) is 2.84. The van der Waals surface area contributed by atoms with E-state index in [0.717, 1.165) is 37.3 Å². The summed E-state index contributed by atoms with van der Waals surface area (Å²) < 4.78 is 33.1. The summed E-state index contributed by atoms with van der Waals surface area (Å²) in [7, 11) is 0. The number of hydrogen-bond acceptors (Lipinski definition) is 4. The maximum atomic E-state index is 14.1. The standard InChI is InChI=1S/C27H29F2N3O2/c1-3-6-24-19(17-34-25-11-9-20(28)16-23(25)29)7-4-14-32(24)27(33)22-15-18(2)8-10-21(22)26-30-12-5-13-31-26/h5,8-13,15-16,19,24H,3-4,6-7,14,17H2,1-2H3. The molecule has 34 heavy (non-hydrogen) atoms. The third-order valence-electron chi connectivity index (χ3n) is 6.32. The molecule has 1 aromatic heterocycles. The molecule has 0 spiro atoms. The first kappa shape index (κ1) is 23.8. The van der Waals surface area contributed by atoms with Crippen LogP contribution in [-0.4, -0.2) is 40.0 Å². The summed E-state index contributed by atoms with van der Waals surface area (Å²) in [5, 5.41) is 0. The fourth-order valence-corrected chi connectivity index (χ4v) is 4.68. The van der Waals surface area contributed by atoms with E-state index in [1.165, 1.54) is 12.1 Å². The van der Waals surface area contributed by atoms with Crippen LogP contribution in [0, 0.1) is 24.5 Å². The molecule has 3 aromatic rings. The molecular formula is C27H29F2N3O2. The molecule has 1 aliphatic rings. The molecule has 2 unspecified atom stereocenters. The predicted octanol–water partition coefficient (Wildman–Crippen LogP) is 5.83. The SMILES string of the molecule is CCCC1C(COc2ccc(F)cc2F)CCCN1C(=O)c1cc(C)ccc1-c1ncccn1. The van der Waals surface area contributed by atoms with Gasteiger partial charge in [0.1, 0.15) is 5.82 Å². The number of hydrogen-bond donors (Lipinski definition) is 0. The van der Waals surface area contributed by atoms with Crippen molar-refractivity contribution >= 4 is 5.91 Å². The van der Waals surface area contributed by atoms with Crippen LogP contribution in [0.1, 0.15) is 48.5 Å². The lowest BCUT2D eigenvalue weighted by molar-refractivity contribution is 0.0378. The van der Waals surface area contributed by atoms with E-state index >= 15 is 0 Å². The largest absolute Gasteiger partial charge is 0.490 e. The molecule has 5 nitrogen and oxygen atoms in total. The van der Waals surface area contributed by atoms with E-state index in [2.05, 4.69) is 16.9 Å². The highest BCUT2D eigenvalue weighted by molar-refractivity contribution is 6.00. The number of aromatic nitrogens is 2. The van der Waals surface area contributed by atoms with Gasteiger partial charge in [-0.25, -0.2) is 18.7 Å². The smallest absolute Gasteiger partial charge is 0.254 e. The minimum Gasteiger partial charge on any atom is -0.490 e. The molecule has 2 atom stereocenters. The Morgan fingerprint density at radius 3 is 2.68 bits per heavy atom. The maximum absolute atomic E-state index is 14.1. The molecule has 178 valence electrons. The maximum Gasteiger partial charge on any atom is 0.254 e. The van der Waals surface area contributed by atoms with Crippen LogP contribution < -0.4 is 4.74 Å². The van der Waals surface area contributed by atoms with Crippen LogP contribution in [0.2, 0.25) is 0 Å². The second kappa shape index (κ2) is 10.7. The first-order valence-electron chi connectivity index (χ1n) is 11.7. The van der Waals surface area contributed by atoms with Gasteiger partial charge < -0.3 is 9.64 Å². The fourth-order valence-electron chi connectivity index (χ4n) is 4.68. The molecular weight excluding hydrogens is 436 g/mol. The first-order chi connectivity index (χ1) is 16.5. The molecule has 0 aliphatic carbocycles. The Balaban J connectivity index is 1.59. The number of nitrogens with zero attached hydrogens (tertiary/aromatic N) is 3. The van der Waals surface area contributed by atoms with Crippen molar-refractivity contribution in [1.29, 1.82) is 0 Å². The minimum atomic E-state index is -0.719. The van der Waals surface area contributed by atoms with E-state index in [0.29, 0.717) is 23.5 Å². The molecule has 1 saturated heterocycles. The van der Waals surface area contributed by atoms with Crippen molar-refractivity contribution in [3.63, 3.8) is 0 Å². The lowest BCUT2D eigenvalue weighted by Gasteiger charge is -2.41. The van der Waals surface area contributed by atoms with Gasteiger partial charge in [-0.15, -0.1) is 0 Å². The van der Waals surface area contributed by atoms with Gasteiger partial charge in [-0.3, -0.25) is 4.79 Å². The van der Waals surface area contributed by atoms with Crippen LogP contribution in [0.4, 0.5) is 8.78 Å². The summed E-state index contributed by atoms with van der Waals surface area (Å²) in [6, 6.07) is 10.8. The summed E-state index contributed by atoms with van der Waals surface area (Å²) in [4.78, 5) is 24.5. The molecule has 0 bridgehead atoms. The van der Waals surface area contributed by atoms with Gasteiger partial charge in [0.2, 0.25) is 0 Å². The topological polar surface area (TPSA) is 55.3 Å². The second-order valence-electron chi connectivity index (χ2n) is 8.76. The number of aryl methyl sites for hydroxylation is 1. The van der Waals surface area contributed by atoms with Gasteiger partial charge in [0.15, 0.2) is 17.4 Å². The molecule has 0 N–H and O–H groups in total. The molecule has 0 radical (unpaired) electrons. The Hall–Kier alpha value is -3.35. The van der Waals surface area contributed by atoms with Gasteiger partial charge in [-0.2, -0.15) is 0 Å². The highest BCUT2D eigenvalue weighted by Gasteiger charge is 2.35. The minimum absolute atomic E-state index is 0.0299. The third-order valence-corrected chi connectivity index (χ3v) is 6.32. The van der Waals surface area contributed by atoms with Gasteiger partial charge in [0.25, 0.3) is 5.91 Å². The summed E-state index contributed by atoms with van der Waals surface area (Å²) in [6.45, 7) is 4.96. The zero-order valence-electron chi connectivity index (χ0n) is 19.5. The number of rotatable bonds is 7. The van der Waals surface area contributed by atoms with Crippen LogP contribution >= 0.6 is 0 Å². The molecule has 0 saturated carbocycles. The van der Waals surface area contributed by atoms with Crippen molar-refractivity contribution in [1.82, 2.24) is 14.9 Å². The van der Waals surface area contributed by atoms with Gasteiger partial charge in [-0.1, -0.05) is 31.0 Å². The van der Waals surface area contributed by atoms with Crippen LogP contribution in [-0.2, 0) is 0 Å². The third kappa shape index (κ3) is 5.24. The predicted molar refractivity (Wildman–Crippen MR) is 127 cm³/mol. The molecule has 2 heterocycles. The quantitative estimate of drug-likeness (QED) is 0.441. The summed E-state index contributed by atoms with van der Waals surface area (Å²) in [5.74, 6) is -0.822. The number of likely N-dealkylation sites (tertiary alicyclic amines) is 1. The lowest BCUT2D eigenvalue weighted by atomic mass is 9.86. The van der Waals surface area contributed by atoms with E-state index in [1.807, 2.05) is 30.0 Å². The fraction of sp³-hybridized carbons (Fsp3) is 0.370. The Morgan fingerprint density at radius 2 is 1.94 bits per heavy atom. The van der Waals surface area contributed by atoms with Gasteiger partial charge in [-0.05, 0) is 50.5 Å². The Bertz CT molecular complexity index is 1140. The van der Waals surface area contributed by atoms with Gasteiger partial charge in [0, 0.05) is 42.5 Å².